The quantitative estimate of drug-likeness (QED) is 0.663. The lowest BCUT2D eigenvalue weighted by atomic mass is 10.0. The van der Waals surface area contributed by atoms with E-state index in [1.165, 1.54) is 6.26 Å². The predicted molar refractivity (Wildman–Crippen MR) is 70.8 cm³/mol. The van der Waals surface area contributed by atoms with Gasteiger partial charge in [-0.2, -0.15) is 5.06 Å². The fourth-order valence-electron chi connectivity index (χ4n) is 1.70. The zero-order chi connectivity index (χ0) is 14.6. The van der Waals surface area contributed by atoms with Crippen molar-refractivity contribution in [1.82, 2.24) is 5.06 Å². The second kappa shape index (κ2) is 6.10. The lowest BCUT2D eigenvalue weighted by Gasteiger charge is -2.28. The normalized spacial score (nSPS) is 13.4. The number of carbonyl (C=O) groups is 1. The molecular weight excluding hydrogens is 246 g/mol. The lowest BCUT2D eigenvalue weighted by molar-refractivity contribution is -0.129. The van der Waals surface area contributed by atoms with Gasteiger partial charge in [-0.1, -0.05) is 13.8 Å². The Morgan fingerprint density at radius 1 is 1.47 bits per heavy atom. The van der Waals surface area contributed by atoms with E-state index in [9.17, 15) is 10.0 Å². The Morgan fingerprint density at radius 2 is 2.11 bits per heavy atom. The molecule has 0 aliphatic heterocycles. The minimum atomic E-state index is -0.769. The van der Waals surface area contributed by atoms with E-state index in [0.29, 0.717) is 23.2 Å². The average molecular weight is 269 g/mol. The van der Waals surface area contributed by atoms with Gasteiger partial charge in [-0.05, 0) is 45.2 Å². The van der Waals surface area contributed by atoms with Crippen molar-refractivity contribution in [2.45, 2.75) is 52.7 Å². The molecule has 0 aromatic carbocycles. The summed E-state index contributed by atoms with van der Waals surface area (Å²) in [5.41, 5.74) is -0.649. The standard InChI is InChI=1S/C14H23NO4/c1-10(2)9-11(12-7-6-8-18-12)15(17)13(16)19-14(3,4)5/h6-8,10-11,17H,9H2,1-5H3. The molecule has 1 atom stereocenters. The third kappa shape index (κ3) is 4.95. The van der Waals surface area contributed by atoms with Crippen molar-refractivity contribution < 1.29 is 19.2 Å². The van der Waals surface area contributed by atoms with Crippen molar-refractivity contribution in [3.05, 3.63) is 24.2 Å². The van der Waals surface area contributed by atoms with E-state index < -0.39 is 17.7 Å². The van der Waals surface area contributed by atoms with E-state index in [1.807, 2.05) is 13.8 Å². The number of carbonyl (C=O) groups excluding carboxylic acids is 1. The molecule has 108 valence electrons. The number of rotatable bonds is 4. The first kappa shape index (κ1) is 15.6. The summed E-state index contributed by atoms with van der Waals surface area (Å²) in [5, 5.41) is 10.7. The number of amides is 1. The summed E-state index contributed by atoms with van der Waals surface area (Å²) in [5.74, 6) is 0.842. The Kier molecular flexibility index (Phi) is 5.00. The molecule has 1 aromatic heterocycles. The van der Waals surface area contributed by atoms with Crippen LogP contribution < -0.4 is 0 Å². The van der Waals surface area contributed by atoms with Crippen LogP contribution in [-0.2, 0) is 4.74 Å². The molecule has 0 saturated carbocycles. The molecule has 1 unspecified atom stereocenters. The topological polar surface area (TPSA) is 62.9 Å². The predicted octanol–water partition coefficient (Wildman–Crippen LogP) is 3.99. The van der Waals surface area contributed by atoms with Crippen LogP contribution in [0.5, 0.6) is 0 Å². The van der Waals surface area contributed by atoms with Crippen molar-refractivity contribution in [3.63, 3.8) is 0 Å². The molecule has 1 aromatic rings. The van der Waals surface area contributed by atoms with Crippen molar-refractivity contribution >= 4 is 6.09 Å². The Bertz CT molecular complexity index is 392. The second-order valence-corrected chi connectivity index (χ2v) is 5.99. The molecule has 0 aliphatic rings. The van der Waals surface area contributed by atoms with Crippen molar-refractivity contribution in [2.24, 2.45) is 5.92 Å². The van der Waals surface area contributed by atoms with Gasteiger partial charge < -0.3 is 9.15 Å². The number of furan rings is 1. The summed E-state index contributed by atoms with van der Waals surface area (Å²) in [6.07, 6.45) is 1.34. The maximum atomic E-state index is 11.9. The molecule has 0 spiro atoms. The fourth-order valence-corrected chi connectivity index (χ4v) is 1.70. The van der Waals surface area contributed by atoms with Crippen LogP contribution in [0.25, 0.3) is 0 Å². The summed E-state index contributed by atoms with van der Waals surface area (Å²) in [4.78, 5) is 11.9. The number of hydrogen-bond donors (Lipinski definition) is 1. The first-order valence-electron chi connectivity index (χ1n) is 6.45. The molecule has 1 amide bonds. The average Bonchev–Trinajstić information content (AvgIpc) is 2.75. The highest BCUT2D eigenvalue weighted by Gasteiger charge is 2.30. The summed E-state index contributed by atoms with van der Waals surface area (Å²) >= 11 is 0. The van der Waals surface area contributed by atoms with Crippen LogP contribution in [0.15, 0.2) is 22.8 Å². The summed E-state index contributed by atoms with van der Waals surface area (Å²) in [6.45, 7) is 9.28. The molecule has 5 nitrogen and oxygen atoms in total. The van der Waals surface area contributed by atoms with E-state index in [4.69, 9.17) is 9.15 Å². The number of nitrogens with zero attached hydrogens (tertiary/aromatic N) is 1. The van der Waals surface area contributed by atoms with Gasteiger partial charge in [0, 0.05) is 0 Å². The van der Waals surface area contributed by atoms with Crippen molar-refractivity contribution in [2.75, 3.05) is 0 Å². The molecule has 1 rings (SSSR count). The third-order valence-electron chi connectivity index (χ3n) is 2.44. The maximum absolute atomic E-state index is 11.9. The Balaban J connectivity index is 2.83. The van der Waals surface area contributed by atoms with Crippen LogP contribution in [0.4, 0.5) is 4.79 Å². The van der Waals surface area contributed by atoms with Gasteiger partial charge in [-0.25, -0.2) is 4.79 Å². The first-order chi connectivity index (χ1) is 8.70. The molecule has 19 heavy (non-hydrogen) atoms. The van der Waals surface area contributed by atoms with Gasteiger partial charge in [-0.15, -0.1) is 0 Å². The minimum Gasteiger partial charge on any atom is -0.467 e. The lowest BCUT2D eigenvalue weighted by Crippen LogP contribution is -2.37. The van der Waals surface area contributed by atoms with E-state index >= 15 is 0 Å². The monoisotopic (exact) mass is 269 g/mol. The molecule has 0 aliphatic carbocycles. The first-order valence-corrected chi connectivity index (χ1v) is 6.45. The summed E-state index contributed by atoms with van der Waals surface area (Å²) in [6, 6.07) is 2.93. The largest absolute Gasteiger partial charge is 0.467 e. The van der Waals surface area contributed by atoms with Gasteiger partial charge in [0.2, 0.25) is 0 Å². The highest BCUT2D eigenvalue weighted by molar-refractivity contribution is 5.67. The zero-order valence-corrected chi connectivity index (χ0v) is 12.2. The summed E-state index contributed by atoms with van der Waals surface area (Å²) in [7, 11) is 0. The maximum Gasteiger partial charge on any atom is 0.434 e. The zero-order valence-electron chi connectivity index (χ0n) is 12.2. The van der Waals surface area contributed by atoms with E-state index in [0.717, 1.165) is 0 Å². The van der Waals surface area contributed by atoms with Gasteiger partial charge in [0.15, 0.2) is 0 Å². The molecule has 0 radical (unpaired) electrons. The van der Waals surface area contributed by atoms with Gasteiger partial charge in [-0.3, -0.25) is 5.21 Å². The highest BCUT2D eigenvalue weighted by atomic mass is 16.6. The molecule has 0 saturated heterocycles. The van der Waals surface area contributed by atoms with Crippen LogP contribution in [0, 0.1) is 5.92 Å². The van der Waals surface area contributed by atoms with Crippen LogP contribution in [0.2, 0.25) is 0 Å². The van der Waals surface area contributed by atoms with E-state index in [2.05, 4.69) is 0 Å². The van der Waals surface area contributed by atoms with E-state index in [1.54, 1.807) is 32.9 Å². The number of ether oxygens (including phenoxy) is 1. The van der Waals surface area contributed by atoms with Gasteiger partial charge in [0.05, 0.1) is 6.26 Å². The van der Waals surface area contributed by atoms with Crippen LogP contribution in [0.3, 0.4) is 0 Å². The fraction of sp³-hybridized carbons (Fsp3) is 0.643. The molecule has 0 fully saturated rings. The summed E-state index contributed by atoms with van der Waals surface area (Å²) < 4.78 is 10.4. The smallest absolute Gasteiger partial charge is 0.434 e. The second-order valence-electron chi connectivity index (χ2n) is 5.99. The molecular formula is C14H23NO4. The molecule has 1 N–H and O–H groups in total. The Morgan fingerprint density at radius 3 is 2.53 bits per heavy atom. The van der Waals surface area contributed by atoms with Crippen molar-refractivity contribution in [1.29, 1.82) is 0 Å². The third-order valence-corrected chi connectivity index (χ3v) is 2.44. The van der Waals surface area contributed by atoms with Crippen LogP contribution in [0.1, 0.15) is 52.8 Å². The SMILES string of the molecule is CC(C)CC(c1ccco1)N(O)C(=O)OC(C)(C)C. The number of hydrogen-bond acceptors (Lipinski definition) is 4. The van der Waals surface area contributed by atoms with Gasteiger partial charge >= 0.3 is 6.09 Å². The Hall–Kier alpha value is -1.49. The van der Waals surface area contributed by atoms with Crippen LogP contribution >= 0.6 is 0 Å². The van der Waals surface area contributed by atoms with Crippen LogP contribution in [-0.4, -0.2) is 22.0 Å². The highest BCUT2D eigenvalue weighted by Crippen LogP contribution is 2.28. The van der Waals surface area contributed by atoms with Gasteiger partial charge in [0.25, 0.3) is 0 Å². The number of hydroxylamine groups is 2. The minimum absolute atomic E-state index is 0.298. The van der Waals surface area contributed by atoms with Gasteiger partial charge in [0.1, 0.15) is 17.4 Å². The van der Waals surface area contributed by atoms with Crippen molar-refractivity contribution in [3.8, 4) is 0 Å². The molecule has 1 heterocycles. The van der Waals surface area contributed by atoms with E-state index in [-0.39, 0.29) is 0 Å². The Labute approximate surface area is 114 Å². The molecule has 5 heteroatoms. The molecule has 0 bridgehead atoms.